The van der Waals surface area contributed by atoms with Gasteiger partial charge in [0.25, 0.3) is 5.91 Å². The van der Waals surface area contributed by atoms with Gasteiger partial charge in [-0.1, -0.05) is 61.7 Å². The van der Waals surface area contributed by atoms with Crippen LogP contribution in [0.15, 0.2) is 66.7 Å². The molecule has 39 heavy (non-hydrogen) atoms. The molecule has 0 aliphatic carbocycles. The fourth-order valence-corrected chi connectivity index (χ4v) is 4.28. The van der Waals surface area contributed by atoms with Gasteiger partial charge in [0.1, 0.15) is 0 Å². The number of aliphatic carboxylic acids is 1. The molecule has 0 bridgehead atoms. The van der Waals surface area contributed by atoms with Crippen molar-refractivity contribution in [2.24, 2.45) is 10.7 Å². The number of amides is 2. The van der Waals surface area contributed by atoms with E-state index in [1.165, 1.54) is 6.34 Å². The second-order valence-corrected chi connectivity index (χ2v) is 9.15. The molecule has 208 valence electrons. The molecule has 2 amide bonds. The Morgan fingerprint density at radius 3 is 2.41 bits per heavy atom. The Bertz CT molecular complexity index is 1230. The van der Waals surface area contributed by atoms with Gasteiger partial charge in [-0.05, 0) is 44.2 Å². The van der Waals surface area contributed by atoms with Gasteiger partial charge in [-0.3, -0.25) is 19.4 Å². The van der Waals surface area contributed by atoms with E-state index < -0.39 is 11.9 Å². The van der Waals surface area contributed by atoms with Gasteiger partial charge in [0.05, 0.1) is 29.0 Å². The normalized spacial score (nSPS) is 11.5. The van der Waals surface area contributed by atoms with Crippen molar-refractivity contribution in [2.45, 2.75) is 52.0 Å². The number of nitrogens with zero attached hydrogens (tertiary/aromatic N) is 2. The highest BCUT2D eigenvalue weighted by molar-refractivity contribution is 6.12. The lowest BCUT2D eigenvalue weighted by molar-refractivity contribution is -0.137. The third kappa shape index (κ3) is 8.56. The van der Waals surface area contributed by atoms with E-state index in [0.29, 0.717) is 47.6 Å². The average molecular weight is 534 g/mol. The van der Waals surface area contributed by atoms with Gasteiger partial charge < -0.3 is 26.0 Å². The zero-order valence-electron chi connectivity index (χ0n) is 22.8. The minimum atomic E-state index is -0.933. The van der Waals surface area contributed by atoms with Gasteiger partial charge in [-0.15, -0.1) is 0 Å². The van der Waals surface area contributed by atoms with Crippen molar-refractivity contribution < 1.29 is 19.5 Å². The highest BCUT2D eigenvalue weighted by atomic mass is 16.4. The molecular weight excluding hydrogens is 494 g/mol. The summed E-state index contributed by atoms with van der Waals surface area (Å²) in [6.07, 6.45) is 8.07. The number of benzene rings is 1. The zero-order chi connectivity index (χ0) is 28.8. The fourth-order valence-electron chi connectivity index (χ4n) is 4.28. The molecule has 5 N–H and O–H groups in total. The second-order valence-electron chi connectivity index (χ2n) is 9.15. The van der Waals surface area contributed by atoms with E-state index in [1.54, 1.807) is 18.2 Å². The molecule has 0 saturated heterocycles. The van der Waals surface area contributed by atoms with Crippen molar-refractivity contribution in [3.05, 3.63) is 73.0 Å². The van der Waals surface area contributed by atoms with Crippen molar-refractivity contribution in [3.63, 3.8) is 0 Å². The predicted molar refractivity (Wildman–Crippen MR) is 158 cm³/mol. The Morgan fingerprint density at radius 1 is 1.10 bits per heavy atom. The zero-order valence-corrected chi connectivity index (χ0v) is 22.8. The van der Waals surface area contributed by atoms with Gasteiger partial charge in [0.15, 0.2) is 0 Å². The van der Waals surface area contributed by atoms with E-state index in [4.69, 9.17) is 10.8 Å². The molecule has 1 heterocycles. The molecule has 0 fully saturated rings. The maximum absolute atomic E-state index is 13.8. The molecule has 1 aromatic heterocycles. The highest BCUT2D eigenvalue weighted by Gasteiger charge is 2.31. The molecule has 9 nitrogen and oxygen atoms in total. The van der Waals surface area contributed by atoms with Crippen LogP contribution in [-0.4, -0.2) is 46.9 Å². The first-order chi connectivity index (χ1) is 18.8. The quantitative estimate of drug-likeness (QED) is 0.102. The van der Waals surface area contributed by atoms with E-state index in [2.05, 4.69) is 28.8 Å². The number of carbonyl (C=O) groups is 3. The van der Waals surface area contributed by atoms with Crippen molar-refractivity contribution in [2.75, 3.05) is 18.4 Å². The Morgan fingerprint density at radius 2 is 1.82 bits per heavy atom. The predicted octanol–water partition coefficient (Wildman–Crippen LogP) is 5.18. The highest BCUT2D eigenvalue weighted by Crippen LogP contribution is 2.41. The van der Waals surface area contributed by atoms with E-state index in [-0.39, 0.29) is 37.8 Å². The van der Waals surface area contributed by atoms with Crippen LogP contribution in [0.25, 0.3) is 16.8 Å². The Kier molecular flexibility index (Phi) is 12.5. The number of hydrogen-bond acceptors (Lipinski definition) is 4. The summed E-state index contributed by atoms with van der Waals surface area (Å²) in [5.41, 5.74) is 8.72. The molecule has 0 radical (unpaired) electrons. The number of aliphatic imine (C=N–C) groups is 1. The summed E-state index contributed by atoms with van der Waals surface area (Å²) in [6, 6.07) is 9.39. The monoisotopic (exact) mass is 533 g/mol. The summed E-state index contributed by atoms with van der Waals surface area (Å²) >= 11 is 0. The molecular formula is C30H39N5O4. The summed E-state index contributed by atoms with van der Waals surface area (Å²) in [7, 11) is 0. The van der Waals surface area contributed by atoms with Crippen LogP contribution in [0.5, 0.6) is 0 Å². The molecule has 2 rings (SSSR count). The first-order valence-corrected chi connectivity index (χ1v) is 13.1. The molecule has 0 aliphatic rings. The number of hydrogen-bond donors (Lipinski definition) is 4. The molecule has 0 aliphatic heterocycles. The number of carboxylic acids is 1. The van der Waals surface area contributed by atoms with Crippen LogP contribution in [0, 0.1) is 0 Å². The van der Waals surface area contributed by atoms with E-state index in [9.17, 15) is 14.4 Å². The minimum absolute atomic E-state index is 0.0649. The standard InChI is InChI=1S/C30H39N5O4/c1-5-13-22(6-2)29-27(34-24(36)16-10-11-18-32-20-31)26(30(39)33-19-12-17-25(37)38)28(35(29)21(3)4)23-14-8-7-9-15-23/h5-9,13-15,20-21H,1-2,10-12,16-19H2,3-4H3,(H2,31,32)(H,33,39)(H,34,36)(H,37,38)/b22-13+. The number of aromatic nitrogens is 1. The summed E-state index contributed by atoms with van der Waals surface area (Å²) in [5.74, 6) is -1.58. The Labute approximate surface area is 230 Å². The topological polar surface area (TPSA) is 139 Å². The van der Waals surface area contributed by atoms with Crippen molar-refractivity contribution in [1.29, 1.82) is 0 Å². The first-order valence-electron chi connectivity index (χ1n) is 13.1. The number of nitrogens with one attached hydrogen (secondary N) is 2. The van der Waals surface area contributed by atoms with Crippen LogP contribution in [0.4, 0.5) is 5.69 Å². The van der Waals surface area contributed by atoms with Crippen LogP contribution in [-0.2, 0) is 9.59 Å². The van der Waals surface area contributed by atoms with Crippen LogP contribution in [0.1, 0.15) is 68.0 Å². The van der Waals surface area contributed by atoms with Gasteiger partial charge in [-0.2, -0.15) is 0 Å². The largest absolute Gasteiger partial charge is 0.481 e. The van der Waals surface area contributed by atoms with Gasteiger partial charge >= 0.3 is 5.97 Å². The van der Waals surface area contributed by atoms with Crippen molar-refractivity contribution in [1.82, 2.24) is 9.88 Å². The van der Waals surface area contributed by atoms with E-state index in [1.807, 2.05) is 48.7 Å². The van der Waals surface area contributed by atoms with Gasteiger partial charge in [0, 0.05) is 32.0 Å². The SMILES string of the molecule is C=C/C=C(\C=C)c1c(NC(=O)CCCCN=CN)c(C(=O)NCCCC(=O)O)c(-c2ccccc2)n1C(C)C. The first kappa shape index (κ1) is 30.8. The molecule has 0 unspecified atom stereocenters. The number of rotatable bonds is 16. The number of allylic oxidation sites excluding steroid dienone is 4. The van der Waals surface area contributed by atoms with Crippen molar-refractivity contribution in [3.8, 4) is 11.3 Å². The molecule has 9 heteroatoms. The number of nitrogens with two attached hydrogens (primary N) is 1. The van der Waals surface area contributed by atoms with Crippen molar-refractivity contribution >= 4 is 35.4 Å². The smallest absolute Gasteiger partial charge is 0.303 e. The average Bonchev–Trinajstić information content (AvgIpc) is 3.24. The molecule has 1 aromatic carbocycles. The third-order valence-corrected chi connectivity index (χ3v) is 5.95. The van der Waals surface area contributed by atoms with Crippen LogP contribution < -0.4 is 16.4 Å². The summed E-state index contributed by atoms with van der Waals surface area (Å²) in [4.78, 5) is 41.9. The Balaban J connectivity index is 2.72. The van der Waals surface area contributed by atoms with Gasteiger partial charge in [0.2, 0.25) is 5.91 Å². The fraction of sp³-hybridized carbons (Fsp3) is 0.333. The number of anilines is 1. The number of unbranched alkanes of at least 4 members (excludes halogenated alkanes) is 1. The maximum Gasteiger partial charge on any atom is 0.303 e. The Hall–Kier alpha value is -4.40. The molecule has 0 saturated carbocycles. The van der Waals surface area contributed by atoms with E-state index in [0.717, 1.165) is 5.56 Å². The third-order valence-electron chi connectivity index (χ3n) is 5.95. The second kappa shape index (κ2) is 15.8. The van der Waals surface area contributed by atoms with Crippen LogP contribution >= 0.6 is 0 Å². The lowest BCUT2D eigenvalue weighted by Crippen LogP contribution is -2.26. The number of carboxylic acid groups (broad SMARTS) is 1. The summed E-state index contributed by atoms with van der Waals surface area (Å²) in [6.45, 7) is 12.5. The molecule has 0 spiro atoms. The maximum atomic E-state index is 13.8. The van der Waals surface area contributed by atoms with Crippen LogP contribution in [0.2, 0.25) is 0 Å². The van der Waals surface area contributed by atoms with Gasteiger partial charge in [-0.25, -0.2) is 0 Å². The number of carbonyl (C=O) groups excluding carboxylic acids is 2. The minimum Gasteiger partial charge on any atom is -0.481 e. The lowest BCUT2D eigenvalue weighted by atomic mass is 10.0. The summed E-state index contributed by atoms with van der Waals surface area (Å²) in [5, 5.41) is 14.9. The summed E-state index contributed by atoms with van der Waals surface area (Å²) < 4.78 is 2.02. The van der Waals surface area contributed by atoms with Crippen LogP contribution in [0.3, 0.4) is 0 Å². The molecule has 0 atom stereocenters. The molecule has 2 aromatic rings. The lowest BCUT2D eigenvalue weighted by Gasteiger charge is -2.19. The van der Waals surface area contributed by atoms with E-state index >= 15 is 0 Å².